The summed E-state index contributed by atoms with van der Waals surface area (Å²) in [5, 5.41) is 12.9. The van der Waals surface area contributed by atoms with E-state index < -0.39 is 0 Å². The van der Waals surface area contributed by atoms with Crippen molar-refractivity contribution in [3.05, 3.63) is 204 Å². The van der Waals surface area contributed by atoms with Crippen molar-refractivity contribution >= 4 is 62.3 Å². The van der Waals surface area contributed by atoms with Crippen molar-refractivity contribution in [2.45, 2.75) is 26.2 Å². The average molecular weight is 776 g/mol. The molecule has 0 fully saturated rings. The van der Waals surface area contributed by atoms with Crippen LogP contribution in [0.1, 0.15) is 41.7 Å². The summed E-state index contributed by atoms with van der Waals surface area (Å²) < 4.78 is 12.6. The van der Waals surface area contributed by atoms with Gasteiger partial charge in [0, 0.05) is 43.7 Å². The lowest BCUT2D eigenvalue weighted by molar-refractivity contribution is 0.660. The molecule has 0 radical (unpaired) electrons. The van der Waals surface area contributed by atoms with Gasteiger partial charge < -0.3 is 8.83 Å². The zero-order valence-corrected chi connectivity index (χ0v) is 33.7. The number of aryl methyl sites for hydroxylation is 1. The van der Waals surface area contributed by atoms with Gasteiger partial charge in [0.05, 0.1) is 0 Å². The molecule has 0 spiro atoms. The van der Waals surface area contributed by atoms with Crippen LogP contribution in [0.15, 0.2) is 195 Å². The van der Waals surface area contributed by atoms with Crippen LogP contribution in [0.4, 0.5) is 0 Å². The Balaban J connectivity index is 0.000000226. The van der Waals surface area contributed by atoms with Crippen LogP contribution in [-0.4, -0.2) is 18.4 Å². The van der Waals surface area contributed by atoms with Crippen LogP contribution in [-0.2, 0) is 5.41 Å². The summed E-state index contributed by atoms with van der Waals surface area (Å²) in [6.07, 6.45) is 0. The van der Waals surface area contributed by atoms with E-state index in [4.69, 9.17) is 14.2 Å². The minimum atomic E-state index is 0.0860. The molecule has 5 nitrogen and oxygen atoms in total. The molecule has 1 aliphatic rings. The Kier molecular flexibility index (Phi) is 8.95. The van der Waals surface area contributed by atoms with Crippen LogP contribution in [0.5, 0.6) is 0 Å². The minimum Gasteiger partial charge on any atom is -0.456 e. The number of fused-ring (bicyclic) bond motifs is 9. The molecule has 1 N–H and O–H groups in total. The summed E-state index contributed by atoms with van der Waals surface area (Å²) in [5.74, 6) is 0.481. The molecule has 0 atom stereocenters. The highest BCUT2D eigenvalue weighted by atomic mass is 16.3. The average Bonchev–Trinajstić information content (AvgIpc) is 3.93. The fraction of sp³-hybridized carbons (Fsp3) is 0.0727. The van der Waals surface area contributed by atoms with E-state index in [2.05, 4.69) is 135 Å². The molecule has 10 aromatic rings. The van der Waals surface area contributed by atoms with E-state index in [0.29, 0.717) is 17.0 Å². The highest BCUT2D eigenvalue weighted by Crippen LogP contribution is 2.49. The molecule has 288 valence electrons. The summed E-state index contributed by atoms with van der Waals surface area (Å²) in [5.41, 5.74) is 16.1. The van der Waals surface area contributed by atoms with Crippen molar-refractivity contribution in [1.29, 1.82) is 5.41 Å². The van der Waals surface area contributed by atoms with Crippen LogP contribution in [0.25, 0.3) is 77.3 Å². The van der Waals surface area contributed by atoms with Crippen LogP contribution in [0, 0.1) is 12.3 Å². The van der Waals surface area contributed by atoms with Crippen LogP contribution < -0.4 is 0 Å². The highest BCUT2D eigenvalue weighted by molar-refractivity contribution is 6.22. The number of nitrogens with zero attached hydrogens (tertiary/aromatic N) is 2. The predicted octanol–water partition coefficient (Wildman–Crippen LogP) is 14.6. The maximum absolute atomic E-state index is 9.02. The number of furan rings is 2. The van der Waals surface area contributed by atoms with Crippen molar-refractivity contribution in [3.63, 3.8) is 0 Å². The number of para-hydroxylation sites is 1. The molecular formula is C55H41N3O2. The number of benzene rings is 8. The van der Waals surface area contributed by atoms with Gasteiger partial charge in [-0.25, -0.2) is 9.98 Å². The molecule has 0 aliphatic heterocycles. The molecule has 2 aromatic heterocycles. The monoisotopic (exact) mass is 775 g/mol. The van der Waals surface area contributed by atoms with Crippen molar-refractivity contribution in [2.24, 2.45) is 9.98 Å². The summed E-state index contributed by atoms with van der Waals surface area (Å²) in [6, 6.07) is 59.9. The van der Waals surface area contributed by atoms with E-state index in [0.717, 1.165) is 66.1 Å². The summed E-state index contributed by atoms with van der Waals surface area (Å²) in [6.45, 7) is 10.5. The zero-order valence-electron chi connectivity index (χ0n) is 33.7. The fourth-order valence-corrected chi connectivity index (χ4v) is 8.92. The van der Waals surface area contributed by atoms with Crippen molar-refractivity contribution < 1.29 is 8.83 Å². The first-order chi connectivity index (χ1) is 29.3. The van der Waals surface area contributed by atoms with E-state index in [1.807, 2.05) is 78.9 Å². The zero-order chi connectivity index (χ0) is 41.0. The molecule has 1 aliphatic carbocycles. The molecule has 0 saturated heterocycles. The quantitative estimate of drug-likeness (QED) is 0.143. The number of nitrogens with one attached hydrogen (secondary N) is 1. The third kappa shape index (κ3) is 6.14. The molecular weight excluding hydrogens is 735 g/mol. The van der Waals surface area contributed by atoms with Gasteiger partial charge in [0.25, 0.3) is 0 Å². The standard InChI is InChI=1S/C39H25N3O2.C16H16/c1-41-39(25-13-6-3-7-14-25)42-38(40)29-16-10-18-33-36(29)30-23-26(19-21-32(30)44-33)35-27(24-11-4-2-5-12-24)20-22-34-37(35)28-15-8-9-17-31(28)43-34;1-11-8-9-13-12-6-4-5-7-14(12)16(2,3)15(13)10-11/h2-23,40H,1H2;4-10H,1-3H3. The first-order valence-corrected chi connectivity index (χ1v) is 20.2. The lowest BCUT2D eigenvalue weighted by Crippen LogP contribution is -2.14. The summed E-state index contributed by atoms with van der Waals surface area (Å²) in [7, 11) is 0. The Morgan fingerprint density at radius 1 is 0.533 bits per heavy atom. The van der Waals surface area contributed by atoms with Gasteiger partial charge in [-0.2, -0.15) is 0 Å². The normalized spacial score (nSPS) is 12.9. The highest BCUT2D eigenvalue weighted by Gasteiger charge is 2.34. The lowest BCUT2D eigenvalue weighted by atomic mass is 9.82. The SMILES string of the molecule is C=NC(=NC(=N)c1cccc2oc3ccc(-c4c(-c5ccccc5)ccc5oc6ccccc6c45)cc3c12)c1ccccc1.Cc1ccc2c(c1)C(C)(C)c1ccccc1-2. The van der Waals surface area contributed by atoms with Gasteiger partial charge in [0.15, 0.2) is 11.7 Å². The third-order valence-electron chi connectivity index (χ3n) is 11.8. The molecule has 0 bridgehead atoms. The Morgan fingerprint density at radius 2 is 1.17 bits per heavy atom. The first-order valence-electron chi connectivity index (χ1n) is 20.2. The third-order valence-corrected chi connectivity index (χ3v) is 11.8. The van der Waals surface area contributed by atoms with Crippen molar-refractivity contribution in [2.75, 3.05) is 0 Å². The largest absolute Gasteiger partial charge is 0.456 e. The van der Waals surface area contributed by atoms with Crippen LogP contribution in [0.3, 0.4) is 0 Å². The molecule has 11 rings (SSSR count). The molecule has 0 amide bonds. The molecule has 0 saturated carbocycles. The second kappa shape index (κ2) is 14.6. The van der Waals surface area contributed by atoms with Crippen molar-refractivity contribution in [1.82, 2.24) is 0 Å². The van der Waals surface area contributed by atoms with Gasteiger partial charge in [-0.15, -0.1) is 0 Å². The number of hydrogen-bond donors (Lipinski definition) is 1. The Morgan fingerprint density at radius 3 is 1.97 bits per heavy atom. The summed E-state index contributed by atoms with van der Waals surface area (Å²) >= 11 is 0. The van der Waals surface area contributed by atoms with Gasteiger partial charge in [0.1, 0.15) is 22.3 Å². The minimum absolute atomic E-state index is 0.0860. The van der Waals surface area contributed by atoms with Crippen LogP contribution >= 0.6 is 0 Å². The molecule has 60 heavy (non-hydrogen) atoms. The molecule has 8 aromatic carbocycles. The van der Waals surface area contributed by atoms with E-state index in [1.54, 1.807) is 0 Å². The van der Waals surface area contributed by atoms with Gasteiger partial charge in [-0.3, -0.25) is 5.41 Å². The van der Waals surface area contributed by atoms with E-state index in [-0.39, 0.29) is 11.3 Å². The summed E-state index contributed by atoms with van der Waals surface area (Å²) in [4.78, 5) is 8.71. The second-order valence-electron chi connectivity index (χ2n) is 15.8. The van der Waals surface area contributed by atoms with Gasteiger partial charge in [-0.1, -0.05) is 165 Å². The van der Waals surface area contributed by atoms with E-state index >= 15 is 0 Å². The topological polar surface area (TPSA) is 74.8 Å². The maximum Gasteiger partial charge on any atom is 0.161 e. The molecule has 5 heteroatoms. The number of rotatable bonds is 4. The number of amidine groups is 2. The Hall–Kier alpha value is -7.63. The van der Waals surface area contributed by atoms with Gasteiger partial charge in [-0.05, 0) is 82.9 Å². The second-order valence-corrected chi connectivity index (χ2v) is 15.8. The predicted molar refractivity (Wildman–Crippen MR) is 250 cm³/mol. The smallest absolute Gasteiger partial charge is 0.161 e. The maximum atomic E-state index is 9.02. The van der Waals surface area contributed by atoms with E-state index in [9.17, 15) is 0 Å². The lowest BCUT2D eigenvalue weighted by Gasteiger charge is -2.21. The van der Waals surface area contributed by atoms with Crippen molar-refractivity contribution in [3.8, 4) is 33.4 Å². The Labute approximate surface area is 348 Å². The molecule has 2 heterocycles. The number of aliphatic imine (C=N–C) groups is 2. The van der Waals surface area contributed by atoms with E-state index in [1.165, 1.54) is 27.8 Å². The number of hydrogen-bond acceptors (Lipinski definition) is 3. The van der Waals surface area contributed by atoms with Gasteiger partial charge >= 0.3 is 0 Å². The van der Waals surface area contributed by atoms with Gasteiger partial charge in [0.2, 0.25) is 0 Å². The molecule has 0 unspecified atom stereocenters. The fourth-order valence-electron chi connectivity index (χ4n) is 8.92. The first kappa shape index (κ1) is 36.7. The van der Waals surface area contributed by atoms with Crippen LogP contribution in [0.2, 0.25) is 0 Å². The Bertz CT molecular complexity index is 3330.